The number of carbonyl (C=O) groups excluding carboxylic acids is 4. The number of ketones is 1. The lowest BCUT2D eigenvalue weighted by atomic mass is 9.76. The van der Waals surface area contributed by atoms with Gasteiger partial charge in [-0.05, 0) is 86.7 Å². The van der Waals surface area contributed by atoms with E-state index in [2.05, 4.69) is 0 Å². The van der Waals surface area contributed by atoms with Gasteiger partial charge in [0.05, 0.1) is 22.4 Å². The minimum Gasteiger partial charge on any atom is -0.379 e. The fourth-order valence-electron chi connectivity index (χ4n) is 5.45. The number of amides is 3. The summed E-state index contributed by atoms with van der Waals surface area (Å²) >= 11 is 12.3. The molecular formula is C31H28Cl2N2O7S. The van der Waals surface area contributed by atoms with Crippen molar-refractivity contribution < 1.29 is 31.8 Å². The molecule has 3 atom stereocenters. The molecule has 0 radical (unpaired) electrons. The van der Waals surface area contributed by atoms with Crippen LogP contribution in [0, 0.1) is 24.7 Å². The molecule has 0 spiro atoms. The van der Waals surface area contributed by atoms with Crippen molar-refractivity contribution in [2.24, 2.45) is 17.8 Å². The van der Waals surface area contributed by atoms with Crippen molar-refractivity contribution in [1.29, 1.82) is 0 Å². The van der Waals surface area contributed by atoms with Gasteiger partial charge in [-0.15, -0.1) is 0 Å². The number of aryl methyl sites for hydroxylation is 1. The van der Waals surface area contributed by atoms with Crippen LogP contribution in [0.1, 0.15) is 52.5 Å². The highest BCUT2D eigenvalue weighted by Gasteiger charge is 2.53. The topological polar surface area (TPSA) is 118 Å². The van der Waals surface area contributed by atoms with E-state index < -0.39 is 52.0 Å². The summed E-state index contributed by atoms with van der Waals surface area (Å²) in [6.45, 7) is 3.19. The number of fused-ring (bicyclic) bond motifs is 1. The Hall–Kier alpha value is -3.73. The Morgan fingerprint density at radius 1 is 0.930 bits per heavy atom. The molecule has 0 aromatic heterocycles. The van der Waals surface area contributed by atoms with Crippen molar-refractivity contribution in [3.63, 3.8) is 0 Å². The minimum atomic E-state index is -4.11. The molecule has 9 nitrogen and oxygen atoms in total. The molecule has 12 heteroatoms. The number of imide groups is 1. The number of hydrazine groups is 1. The van der Waals surface area contributed by atoms with E-state index in [0.29, 0.717) is 12.8 Å². The average molecular weight is 644 g/mol. The Bertz CT molecular complexity index is 1710. The monoisotopic (exact) mass is 642 g/mol. The van der Waals surface area contributed by atoms with Crippen LogP contribution in [-0.4, -0.2) is 48.5 Å². The first-order valence-corrected chi connectivity index (χ1v) is 15.8. The zero-order valence-electron chi connectivity index (χ0n) is 23.3. The first kappa shape index (κ1) is 30.7. The highest BCUT2D eigenvalue weighted by Crippen LogP contribution is 2.41. The zero-order chi connectivity index (χ0) is 31.1. The van der Waals surface area contributed by atoms with Crippen LogP contribution in [0.3, 0.4) is 0 Å². The average Bonchev–Trinajstić information content (AvgIpc) is 3.20. The second kappa shape index (κ2) is 12.1. The summed E-state index contributed by atoms with van der Waals surface area (Å²) in [4.78, 5) is 54.2. The maximum atomic E-state index is 13.8. The van der Waals surface area contributed by atoms with E-state index in [0.717, 1.165) is 22.0 Å². The van der Waals surface area contributed by atoms with Gasteiger partial charge in [-0.25, -0.2) is 5.01 Å². The second-order valence-electron chi connectivity index (χ2n) is 10.9. The maximum Gasteiger partial charge on any atom is 0.339 e. The lowest BCUT2D eigenvalue weighted by Gasteiger charge is -2.30. The van der Waals surface area contributed by atoms with E-state index in [9.17, 15) is 27.6 Å². The molecular weight excluding hydrogens is 615 g/mol. The molecule has 2 fully saturated rings. The molecule has 0 bridgehead atoms. The van der Waals surface area contributed by atoms with Gasteiger partial charge in [-0.2, -0.15) is 13.4 Å². The fraction of sp³-hybridized carbons (Fsp3) is 0.290. The van der Waals surface area contributed by atoms with Crippen molar-refractivity contribution in [3.8, 4) is 5.75 Å². The third-order valence-electron chi connectivity index (χ3n) is 7.79. The van der Waals surface area contributed by atoms with Gasteiger partial charge in [0, 0.05) is 10.6 Å². The number of rotatable bonds is 8. The number of Topliss-reactive ketones (excluding diaryl/α,β-unsaturated/α-hetero) is 1. The molecule has 3 aromatic rings. The number of hydrogen-bond acceptors (Lipinski definition) is 7. The molecule has 2 aliphatic rings. The Labute approximate surface area is 259 Å². The Kier molecular flexibility index (Phi) is 8.65. The van der Waals surface area contributed by atoms with Crippen LogP contribution in [0.4, 0.5) is 0 Å². The molecule has 1 heterocycles. The smallest absolute Gasteiger partial charge is 0.339 e. The Balaban J connectivity index is 1.41. The molecule has 0 unspecified atom stereocenters. The van der Waals surface area contributed by atoms with Gasteiger partial charge < -0.3 is 4.18 Å². The minimum absolute atomic E-state index is 0.00336. The van der Waals surface area contributed by atoms with Crippen LogP contribution < -0.4 is 4.18 Å². The molecule has 1 aliphatic carbocycles. The van der Waals surface area contributed by atoms with Crippen LogP contribution in [0.5, 0.6) is 5.75 Å². The van der Waals surface area contributed by atoms with E-state index in [1.807, 2.05) is 13.8 Å². The van der Waals surface area contributed by atoms with Crippen molar-refractivity contribution in [2.75, 3.05) is 6.54 Å². The number of benzene rings is 3. The number of halogens is 2. The first-order valence-electron chi connectivity index (χ1n) is 13.6. The molecule has 224 valence electrons. The van der Waals surface area contributed by atoms with Crippen LogP contribution in [0.25, 0.3) is 0 Å². The second-order valence-corrected chi connectivity index (χ2v) is 13.3. The summed E-state index contributed by atoms with van der Waals surface area (Å²) in [5.74, 6) is -3.40. The van der Waals surface area contributed by atoms with Crippen LogP contribution >= 0.6 is 23.2 Å². The number of hydrogen-bond donors (Lipinski definition) is 0. The van der Waals surface area contributed by atoms with Crippen LogP contribution in [-0.2, 0) is 19.7 Å². The maximum absolute atomic E-state index is 13.8. The zero-order valence-corrected chi connectivity index (χ0v) is 25.7. The van der Waals surface area contributed by atoms with E-state index in [-0.39, 0.29) is 37.7 Å². The Morgan fingerprint density at radius 2 is 1.58 bits per heavy atom. The summed E-state index contributed by atoms with van der Waals surface area (Å²) in [5, 5.41) is 1.92. The molecule has 0 N–H and O–H groups in total. The molecule has 43 heavy (non-hydrogen) atoms. The van der Waals surface area contributed by atoms with E-state index in [4.69, 9.17) is 27.4 Å². The lowest BCUT2D eigenvalue weighted by Crippen LogP contribution is -2.52. The summed E-state index contributed by atoms with van der Waals surface area (Å²) in [5.41, 5.74) is 0.955. The molecule has 5 rings (SSSR count). The van der Waals surface area contributed by atoms with Gasteiger partial charge in [0.2, 0.25) is 0 Å². The quantitative estimate of drug-likeness (QED) is 0.175. The standard InChI is InChI=1S/C31H28Cl2N2O7S/c1-18-3-11-23(12-4-18)43(40,41)42-22-9-6-20(7-10-22)28(36)17-34(29(37)25-14-8-21(32)16-27(25)33)35-30(38)24-13-5-19(2)15-26(24)31(35)39/h3-4,6-12,14,16,19,24,26H,5,13,15,17H2,1-2H3/t19-,24-,26-/m1/s1. The third kappa shape index (κ3) is 6.32. The van der Waals surface area contributed by atoms with Crippen molar-refractivity contribution in [1.82, 2.24) is 10.0 Å². The van der Waals surface area contributed by atoms with Gasteiger partial charge in [-0.3, -0.25) is 19.2 Å². The molecule has 3 amide bonds. The summed E-state index contributed by atoms with van der Waals surface area (Å²) in [6, 6.07) is 15.6. The van der Waals surface area contributed by atoms with E-state index in [1.54, 1.807) is 12.1 Å². The highest BCUT2D eigenvalue weighted by atomic mass is 35.5. The lowest BCUT2D eigenvalue weighted by molar-refractivity contribution is -0.154. The summed E-state index contributed by atoms with van der Waals surface area (Å²) in [7, 11) is -4.11. The van der Waals surface area contributed by atoms with Gasteiger partial charge in [-0.1, -0.05) is 47.8 Å². The number of carbonyl (C=O) groups is 4. The normalized spacial score (nSPS) is 20.1. The Morgan fingerprint density at radius 3 is 2.23 bits per heavy atom. The van der Waals surface area contributed by atoms with E-state index >= 15 is 0 Å². The summed E-state index contributed by atoms with van der Waals surface area (Å²) < 4.78 is 30.5. The van der Waals surface area contributed by atoms with Crippen LogP contribution in [0.2, 0.25) is 10.0 Å². The van der Waals surface area contributed by atoms with Crippen molar-refractivity contribution in [3.05, 3.63) is 93.5 Å². The van der Waals surface area contributed by atoms with Crippen LogP contribution in [0.15, 0.2) is 71.6 Å². The van der Waals surface area contributed by atoms with Gasteiger partial charge in [0.25, 0.3) is 17.7 Å². The van der Waals surface area contributed by atoms with Gasteiger partial charge in [0.1, 0.15) is 17.2 Å². The van der Waals surface area contributed by atoms with Gasteiger partial charge in [0.15, 0.2) is 5.78 Å². The predicted molar refractivity (Wildman–Crippen MR) is 159 cm³/mol. The molecule has 1 saturated carbocycles. The SMILES string of the molecule is Cc1ccc(S(=O)(=O)Oc2ccc(C(=O)CN(C(=O)c3ccc(Cl)cc3Cl)N3C(=O)[C@@H]4CC[C@@H](C)C[C@H]4C3=O)cc2)cc1. The molecule has 1 saturated heterocycles. The van der Waals surface area contributed by atoms with Crippen molar-refractivity contribution in [2.45, 2.75) is 38.0 Å². The van der Waals surface area contributed by atoms with Gasteiger partial charge >= 0.3 is 10.1 Å². The largest absolute Gasteiger partial charge is 0.379 e. The highest BCUT2D eigenvalue weighted by molar-refractivity contribution is 7.87. The molecule has 3 aromatic carbocycles. The fourth-order valence-corrected chi connectivity index (χ4v) is 6.87. The predicted octanol–water partition coefficient (Wildman–Crippen LogP) is 5.73. The first-order chi connectivity index (χ1) is 20.4. The number of nitrogens with zero attached hydrogens (tertiary/aromatic N) is 2. The molecule has 1 aliphatic heterocycles. The summed E-state index contributed by atoms with van der Waals surface area (Å²) in [6.07, 6.45) is 1.80. The third-order valence-corrected chi connectivity index (χ3v) is 9.60. The van der Waals surface area contributed by atoms with E-state index in [1.165, 1.54) is 54.6 Å². The van der Waals surface area contributed by atoms with Crippen molar-refractivity contribution >= 4 is 56.8 Å².